The van der Waals surface area contributed by atoms with E-state index in [0.29, 0.717) is 13.1 Å². The summed E-state index contributed by atoms with van der Waals surface area (Å²) in [6.45, 7) is 3.02. The minimum atomic E-state index is -0.479. The molecule has 92 valence electrons. The molecule has 1 atom stereocenters. The summed E-state index contributed by atoms with van der Waals surface area (Å²) in [7, 11) is 0. The van der Waals surface area contributed by atoms with Gasteiger partial charge in [-0.25, -0.2) is 4.39 Å². The molecule has 0 bridgehead atoms. The number of amides is 1. The third kappa shape index (κ3) is 2.47. The van der Waals surface area contributed by atoms with Crippen LogP contribution in [0.15, 0.2) is 18.2 Å². The van der Waals surface area contributed by atoms with Crippen molar-refractivity contribution in [3.63, 3.8) is 0 Å². The van der Waals surface area contributed by atoms with Gasteiger partial charge < -0.3 is 10.0 Å². The molecule has 0 aliphatic carbocycles. The second kappa shape index (κ2) is 4.84. The zero-order chi connectivity index (χ0) is 12.4. The predicted octanol–water partition coefficient (Wildman–Crippen LogP) is 1.59. The van der Waals surface area contributed by atoms with E-state index in [9.17, 15) is 9.18 Å². The molecule has 1 unspecified atom stereocenters. The summed E-state index contributed by atoms with van der Waals surface area (Å²) in [4.78, 5) is 13.7. The first-order valence-electron chi connectivity index (χ1n) is 5.78. The van der Waals surface area contributed by atoms with E-state index in [4.69, 9.17) is 5.11 Å². The topological polar surface area (TPSA) is 40.5 Å². The number of aliphatic hydroxyl groups is 1. The highest BCUT2D eigenvalue weighted by Gasteiger charge is 2.27. The van der Waals surface area contributed by atoms with Crippen molar-refractivity contribution in [3.05, 3.63) is 35.1 Å². The maximum atomic E-state index is 13.6. The van der Waals surface area contributed by atoms with Crippen LogP contribution in [0.4, 0.5) is 4.39 Å². The second-order valence-electron chi connectivity index (χ2n) is 4.57. The van der Waals surface area contributed by atoms with Gasteiger partial charge in [-0.05, 0) is 25.5 Å². The lowest BCUT2D eigenvalue weighted by Gasteiger charge is -2.16. The third-order valence-electron chi connectivity index (χ3n) is 3.18. The number of rotatable bonds is 2. The Labute approximate surface area is 99.9 Å². The highest BCUT2D eigenvalue weighted by Crippen LogP contribution is 2.20. The summed E-state index contributed by atoms with van der Waals surface area (Å²) in [6.07, 6.45) is 0.787. The molecule has 1 amide bonds. The van der Waals surface area contributed by atoms with E-state index < -0.39 is 5.82 Å². The van der Waals surface area contributed by atoms with E-state index in [0.717, 1.165) is 12.0 Å². The molecule has 1 aliphatic rings. The van der Waals surface area contributed by atoms with Gasteiger partial charge in [0.15, 0.2) is 0 Å². The molecule has 1 fully saturated rings. The van der Waals surface area contributed by atoms with E-state index in [1.165, 1.54) is 6.07 Å². The maximum Gasteiger partial charge on any atom is 0.256 e. The van der Waals surface area contributed by atoms with E-state index in [1.54, 1.807) is 17.0 Å². The highest BCUT2D eigenvalue weighted by atomic mass is 19.1. The summed E-state index contributed by atoms with van der Waals surface area (Å²) >= 11 is 0. The lowest BCUT2D eigenvalue weighted by atomic mass is 10.1. The zero-order valence-corrected chi connectivity index (χ0v) is 9.82. The molecule has 1 aromatic carbocycles. The van der Waals surface area contributed by atoms with E-state index in [-0.39, 0.29) is 24.0 Å². The molecule has 1 saturated heterocycles. The van der Waals surface area contributed by atoms with Crippen molar-refractivity contribution < 1.29 is 14.3 Å². The molecule has 3 nitrogen and oxygen atoms in total. The van der Waals surface area contributed by atoms with Crippen molar-refractivity contribution in [2.75, 3.05) is 19.7 Å². The van der Waals surface area contributed by atoms with Crippen LogP contribution in [0, 0.1) is 18.7 Å². The fourth-order valence-electron chi connectivity index (χ4n) is 2.14. The van der Waals surface area contributed by atoms with Gasteiger partial charge in [0, 0.05) is 25.6 Å². The number of carbonyl (C=O) groups excluding carboxylic acids is 1. The normalized spacial score (nSPS) is 19.7. The lowest BCUT2D eigenvalue weighted by molar-refractivity contribution is 0.0777. The fourth-order valence-corrected chi connectivity index (χ4v) is 2.14. The predicted molar refractivity (Wildman–Crippen MR) is 62.2 cm³/mol. The Hall–Kier alpha value is -1.42. The van der Waals surface area contributed by atoms with Crippen LogP contribution in [-0.2, 0) is 0 Å². The Morgan fingerprint density at radius 1 is 1.59 bits per heavy atom. The molecule has 1 N–H and O–H groups in total. The molecule has 4 heteroatoms. The van der Waals surface area contributed by atoms with Gasteiger partial charge in [-0.3, -0.25) is 4.79 Å². The Bertz CT molecular complexity index is 433. The summed E-state index contributed by atoms with van der Waals surface area (Å²) in [6, 6.07) is 4.54. The van der Waals surface area contributed by atoms with Crippen molar-refractivity contribution in [2.24, 2.45) is 5.92 Å². The molecular formula is C13H16FNO2. The van der Waals surface area contributed by atoms with Gasteiger partial charge >= 0.3 is 0 Å². The first-order chi connectivity index (χ1) is 8.11. The second-order valence-corrected chi connectivity index (χ2v) is 4.57. The molecule has 1 heterocycles. The SMILES string of the molecule is Cc1ccc(F)c(C(=O)N2CCC(CO)C2)c1. The number of halogens is 1. The Morgan fingerprint density at radius 3 is 3.00 bits per heavy atom. The molecular weight excluding hydrogens is 221 g/mol. The molecule has 0 saturated carbocycles. The quantitative estimate of drug-likeness (QED) is 0.848. The summed E-state index contributed by atoms with van der Waals surface area (Å²) in [5.41, 5.74) is 0.997. The molecule has 1 aliphatic heterocycles. The van der Waals surface area contributed by atoms with Crippen LogP contribution in [0.1, 0.15) is 22.3 Å². The van der Waals surface area contributed by atoms with E-state index in [1.807, 2.05) is 6.92 Å². The van der Waals surface area contributed by atoms with Crippen LogP contribution in [-0.4, -0.2) is 35.6 Å². The van der Waals surface area contributed by atoms with Crippen molar-refractivity contribution in [1.82, 2.24) is 4.90 Å². The average Bonchev–Trinajstić information content (AvgIpc) is 2.80. The minimum absolute atomic E-state index is 0.0834. The zero-order valence-electron chi connectivity index (χ0n) is 9.82. The summed E-state index contributed by atoms with van der Waals surface area (Å²) in [5.74, 6) is -0.623. The molecule has 0 spiro atoms. The van der Waals surface area contributed by atoms with Gasteiger partial charge in [0.05, 0.1) is 5.56 Å². The number of hydrogen-bond donors (Lipinski definition) is 1. The van der Waals surface area contributed by atoms with E-state index in [2.05, 4.69) is 0 Å². The van der Waals surface area contributed by atoms with Gasteiger partial charge in [-0.15, -0.1) is 0 Å². The number of aliphatic hydroxyl groups excluding tert-OH is 1. The standard InChI is InChI=1S/C13H16FNO2/c1-9-2-3-12(14)11(6-9)13(17)15-5-4-10(7-15)8-16/h2-3,6,10,16H,4-5,7-8H2,1H3. The third-order valence-corrected chi connectivity index (χ3v) is 3.18. The van der Waals surface area contributed by atoms with Crippen LogP contribution in [0.5, 0.6) is 0 Å². The molecule has 17 heavy (non-hydrogen) atoms. The minimum Gasteiger partial charge on any atom is -0.396 e. The first-order valence-corrected chi connectivity index (χ1v) is 5.78. The maximum absolute atomic E-state index is 13.6. The van der Waals surface area contributed by atoms with E-state index >= 15 is 0 Å². The van der Waals surface area contributed by atoms with Gasteiger partial charge in [-0.2, -0.15) is 0 Å². The highest BCUT2D eigenvalue weighted by molar-refractivity contribution is 5.94. The number of likely N-dealkylation sites (tertiary alicyclic amines) is 1. The van der Waals surface area contributed by atoms with Gasteiger partial charge in [0.2, 0.25) is 0 Å². The van der Waals surface area contributed by atoms with Crippen molar-refractivity contribution in [1.29, 1.82) is 0 Å². The number of aryl methyl sites for hydroxylation is 1. The van der Waals surface area contributed by atoms with Crippen LogP contribution >= 0.6 is 0 Å². The van der Waals surface area contributed by atoms with Gasteiger partial charge in [-0.1, -0.05) is 11.6 Å². The Balaban J connectivity index is 2.17. The van der Waals surface area contributed by atoms with Gasteiger partial charge in [0.25, 0.3) is 5.91 Å². The Morgan fingerprint density at radius 2 is 2.35 bits per heavy atom. The van der Waals surface area contributed by atoms with Crippen LogP contribution < -0.4 is 0 Å². The fraction of sp³-hybridized carbons (Fsp3) is 0.462. The van der Waals surface area contributed by atoms with Gasteiger partial charge in [0.1, 0.15) is 5.82 Å². The monoisotopic (exact) mass is 237 g/mol. The van der Waals surface area contributed by atoms with Crippen molar-refractivity contribution in [2.45, 2.75) is 13.3 Å². The summed E-state index contributed by atoms with van der Waals surface area (Å²) in [5, 5.41) is 9.02. The number of benzene rings is 1. The Kier molecular flexibility index (Phi) is 3.43. The smallest absolute Gasteiger partial charge is 0.256 e. The van der Waals surface area contributed by atoms with Crippen LogP contribution in [0.25, 0.3) is 0 Å². The lowest BCUT2D eigenvalue weighted by Crippen LogP contribution is -2.29. The van der Waals surface area contributed by atoms with Crippen molar-refractivity contribution in [3.8, 4) is 0 Å². The average molecular weight is 237 g/mol. The molecule has 2 rings (SSSR count). The summed E-state index contributed by atoms with van der Waals surface area (Å²) < 4.78 is 13.6. The molecule has 0 radical (unpaired) electrons. The number of nitrogens with zero attached hydrogens (tertiary/aromatic N) is 1. The molecule has 1 aromatic rings. The first kappa shape index (κ1) is 12.0. The number of hydrogen-bond acceptors (Lipinski definition) is 2. The van der Waals surface area contributed by atoms with Crippen LogP contribution in [0.3, 0.4) is 0 Å². The largest absolute Gasteiger partial charge is 0.396 e. The molecule has 0 aromatic heterocycles. The van der Waals surface area contributed by atoms with Crippen LogP contribution in [0.2, 0.25) is 0 Å². The van der Waals surface area contributed by atoms with Crippen molar-refractivity contribution >= 4 is 5.91 Å². The number of carbonyl (C=O) groups is 1.